The summed E-state index contributed by atoms with van der Waals surface area (Å²) in [6.45, 7) is -0.935. The molecule has 0 aliphatic heterocycles. The summed E-state index contributed by atoms with van der Waals surface area (Å²) in [6, 6.07) is 1.47. The fraction of sp³-hybridized carbons (Fsp3) is 0.389. The third kappa shape index (κ3) is 6.65. The number of nitrogens with zero attached hydrogens (tertiary/aromatic N) is 2. The number of esters is 1. The highest BCUT2D eigenvalue weighted by Crippen LogP contribution is 2.41. The Morgan fingerprint density at radius 1 is 1.06 bits per heavy atom. The molecule has 2 aromatic rings. The smallest absolute Gasteiger partial charge is 0.417 e. The number of halogens is 8. The van der Waals surface area contributed by atoms with E-state index in [0.29, 0.717) is 18.2 Å². The van der Waals surface area contributed by atoms with Crippen LogP contribution >= 0.6 is 0 Å². The molecule has 2 rings (SSSR count). The van der Waals surface area contributed by atoms with Crippen molar-refractivity contribution >= 4 is 11.8 Å². The van der Waals surface area contributed by atoms with E-state index in [2.05, 4.69) is 20.3 Å². The maximum absolute atomic E-state index is 13.4. The number of carbonyl (C=O) groups excluding carboxylic acids is 1. The van der Waals surface area contributed by atoms with Gasteiger partial charge in [-0.15, -0.1) is 10.2 Å². The predicted molar refractivity (Wildman–Crippen MR) is 93.8 cm³/mol. The number of anilines is 1. The SMILES string of the molecule is CC(=O)O[C@H](C)CNc1nnc(-c2ccc(C(F)(F)F)cc2C(F)(F)F)cc1OC(F)F. The molecular weight excluding hydrogens is 458 g/mol. The zero-order valence-corrected chi connectivity index (χ0v) is 16.3. The Kier molecular flexibility index (Phi) is 7.46. The van der Waals surface area contributed by atoms with Crippen molar-refractivity contribution in [1.29, 1.82) is 0 Å². The summed E-state index contributed by atoms with van der Waals surface area (Å²) in [5.41, 5.74) is -4.71. The van der Waals surface area contributed by atoms with Crippen molar-refractivity contribution in [2.75, 3.05) is 11.9 Å². The van der Waals surface area contributed by atoms with Gasteiger partial charge in [-0.05, 0) is 19.1 Å². The monoisotopic (exact) mass is 473 g/mol. The van der Waals surface area contributed by atoms with Crippen LogP contribution in [0.25, 0.3) is 11.3 Å². The first-order chi connectivity index (χ1) is 14.7. The molecule has 0 spiro atoms. The molecule has 32 heavy (non-hydrogen) atoms. The van der Waals surface area contributed by atoms with Crippen molar-refractivity contribution in [3.05, 3.63) is 35.4 Å². The molecule has 1 aromatic heterocycles. The number of carbonyl (C=O) groups is 1. The van der Waals surface area contributed by atoms with Crippen LogP contribution in [0.2, 0.25) is 0 Å². The number of nitrogens with one attached hydrogen (secondary N) is 1. The van der Waals surface area contributed by atoms with Gasteiger partial charge in [-0.2, -0.15) is 35.1 Å². The highest BCUT2D eigenvalue weighted by molar-refractivity contribution is 5.68. The molecule has 0 radical (unpaired) electrons. The minimum absolute atomic E-state index is 0.113. The molecule has 0 saturated heterocycles. The zero-order chi connectivity index (χ0) is 24.3. The number of ether oxygens (including phenoxy) is 2. The number of alkyl halides is 8. The topological polar surface area (TPSA) is 73.3 Å². The molecule has 1 N–H and O–H groups in total. The van der Waals surface area contributed by atoms with E-state index >= 15 is 0 Å². The number of benzene rings is 1. The summed E-state index contributed by atoms with van der Waals surface area (Å²) < 4.78 is 113. The van der Waals surface area contributed by atoms with E-state index in [1.807, 2.05) is 0 Å². The third-order valence-corrected chi connectivity index (χ3v) is 3.83. The summed E-state index contributed by atoms with van der Waals surface area (Å²) in [7, 11) is 0. The van der Waals surface area contributed by atoms with Crippen molar-refractivity contribution < 1.29 is 49.4 Å². The molecule has 176 valence electrons. The fourth-order valence-electron chi connectivity index (χ4n) is 2.56. The van der Waals surface area contributed by atoms with Crippen LogP contribution in [0, 0.1) is 0 Å². The first-order valence-electron chi connectivity index (χ1n) is 8.71. The van der Waals surface area contributed by atoms with Gasteiger partial charge < -0.3 is 14.8 Å². The first kappa shape index (κ1) is 25.1. The highest BCUT2D eigenvalue weighted by Gasteiger charge is 2.38. The molecule has 0 aliphatic rings. The lowest BCUT2D eigenvalue weighted by atomic mass is 10.00. The van der Waals surface area contributed by atoms with E-state index in [4.69, 9.17) is 4.74 Å². The van der Waals surface area contributed by atoms with Gasteiger partial charge in [0, 0.05) is 18.6 Å². The van der Waals surface area contributed by atoms with Crippen LogP contribution in [-0.4, -0.2) is 35.4 Å². The largest absolute Gasteiger partial charge is 0.461 e. The minimum atomic E-state index is -5.21. The van der Waals surface area contributed by atoms with Crippen molar-refractivity contribution in [3.63, 3.8) is 0 Å². The second kappa shape index (κ2) is 9.53. The maximum atomic E-state index is 13.4. The molecule has 1 heterocycles. The maximum Gasteiger partial charge on any atom is 0.417 e. The van der Waals surface area contributed by atoms with Crippen LogP contribution in [0.1, 0.15) is 25.0 Å². The van der Waals surface area contributed by atoms with Crippen molar-refractivity contribution in [2.24, 2.45) is 0 Å². The summed E-state index contributed by atoms with van der Waals surface area (Å²) in [5, 5.41) is 9.50. The Balaban J connectivity index is 2.48. The van der Waals surface area contributed by atoms with Gasteiger partial charge in [-0.1, -0.05) is 6.07 Å². The van der Waals surface area contributed by atoms with Gasteiger partial charge in [0.25, 0.3) is 0 Å². The quantitative estimate of drug-likeness (QED) is 0.443. The minimum Gasteiger partial charge on any atom is -0.461 e. The molecule has 0 bridgehead atoms. The van der Waals surface area contributed by atoms with E-state index in [9.17, 15) is 39.9 Å². The van der Waals surface area contributed by atoms with Crippen LogP contribution < -0.4 is 10.1 Å². The van der Waals surface area contributed by atoms with Gasteiger partial charge >= 0.3 is 24.9 Å². The Morgan fingerprint density at radius 3 is 2.25 bits per heavy atom. The van der Waals surface area contributed by atoms with E-state index in [1.54, 1.807) is 0 Å². The molecule has 1 aromatic carbocycles. The van der Waals surface area contributed by atoms with Crippen LogP contribution in [0.4, 0.5) is 40.9 Å². The van der Waals surface area contributed by atoms with E-state index in [0.717, 1.165) is 6.92 Å². The molecule has 0 amide bonds. The average Bonchev–Trinajstić information content (AvgIpc) is 2.64. The number of hydrogen-bond donors (Lipinski definition) is 1. The standard InChI is InChI=1S/C18H15F8N3O3/c1-8(31-9(2)30)7-27-15-14(32-16(19)20)6-13(28-29-15)11-4-3-10(17(21,22)23)5-12(11)18(24,25)26/h3-6,8,16H,7H2,1-2H3,(H,27,29)/t8-/m1/s1. The zero-order valence-electron chi connectivity index (χ0n) is 16.3. The molecule has 14 heteroatoms. The lowest BCUT2D eigenvalue weighted by molar-refractivity contribution is -0.145. The summed E-state index contributed by atoms with van der Waals surface area (Å²) in [5.74, 6) is -1.74. The molecule has 0 saturated carbocycles. The van der Waals surface area contributed by atoms with Gasteiger partial charge in [-0.25, -0.2) is 0 Å². The first-order valence-corrected chi connectivity index (χ1v) is 8.71. The lowest BCUT2D eigenvalue weighted by Gasteiger charge is -2.18. The fourth-order valence-corrected chi connectivity index (χ4v) is 2.56. The highest BCUT2D eigenvalue weighted by atomic mass is 19.4. The predicted octanol–water partition coefficient (Wildman–Crippen LogP) is 5.15. The third-order valence-electron chi connectivity index (χ3n) is 3.83. The molecular formula is C18H15F8N3O3. The van der Waals surface area contributed by atoms with E-state index < -0.39 is 65.0 Å². The number of hydrogen-bond acceptors (Lipinski definition) is 6. The Bertz CT molecular complexity index is 963. The van der Waals surface area contributed by atoms with Crippen LogP contribution in [0.15, 0.2) is 24.3 Å². The summed E-state index contributed by atoms with van der Waals surface area (Å²) in [6.07, 6.45) is -11.0. The van der Waals surface area contributed by atoms with Crippen molar-refractivity contribution in [2.45, 2.75) is 38.9 Å². The van der Waals surface area contributed by atoms with Gasteiger partial charge in [0.15, 0.2) is 11.6 Å². The van der Waals surface area contributed by atoms with Gasteiger partial charge in [0.2, 0.25) is 0 Å². The molecule has 6 nitrogen and oxygen atoms in total. The molecule has 0 unspecified atom stereocenters. The lowest BCUT2D eigenvalue weighted by Crippen LogP contribution is -2.23. The molecule has 0 aliphatic carbocycles. The van der Waals surface area contributed by atoms with Crippen molar-refractivity contribution in [1.82, 2.24) is 10.2 Å². The van der Waals surface area contributed by atoms with E-state index in [1.165, 1.54) is 6.92 Å². The average molecular weight is 473 g/mol. The second-order valence-electron chi connectivity index (χ2n) is 6.38. The van der Waals surface area contributed by atoms with Gasteiger partial charge in [0.1, 0.15) is 6.10 Å². The number of rotatable bonds is 7. The van der Waals surface area contributed by atoms with Gasteiger partial charge in [0.05, 0.1) is 23.4 Å². The van der Waals surface area contributed by atoms with Crippen LogP contribution in [0.3, 0.4) is 0 Å². The summed E-state index contributed by atoms with van der Waals surface area (Å²) in [4.78, 5) is 10.9. The Morgan fingerprint density at radius 2 is 1.72 bits per heavy atom. The van der Waals surface area contributed by atoms with Gasteiger partial charge in [-0.3, -0.25) is 4.79 Å². The molecule has 1 atom stereocenters. The molecule has 0 fully saturated rings. The second-order valence-corrected chi connectivity index (χ2v) is 6.38. The Hall–Kier alpha value is -3.19. The van der Waals surface area contributed by atoms with E-state index in [-0.39, 0.29) is 12.6 Å². The Labute approximate surface area is 175 Å². The number of aromatic nitrogens is 2. The van der Waals surface area contributed by atoms with Crippen LogP contribution in [-0.2, 0) is 21.9 Å². The van der Waals surface area contributed by atoms with Crippen molar-refractivity contribution in [3.8, 4) is 17.0 Å². The summed E-state index contributed by atoms with van der Waals surface area (Å²) >= 11 is 0. The normalized spacial score (nSPS) is 13.1. The van der Waals surface area contributed by atoms with Crippen LogP contribution in [0.5, 0.6) is 5.75 Å².